The number of hydrogen-bond acceptors (Lipinski definition) is 4. The van der Waals surface area contributed by atoms with Crippen LogP contribution in [0.3, 0.4) is 0 Å². The minimum atomic E-state index is -1.79. The van der Waals surface area contributed by atoms with E-state index in [1.807, 2.05) is 0 Å². The third-order valence-electron chi connectivity index (χ3n) is 1.61. The molecule has 0 aliphatic heterocycles. The van der Waals surface area contributed by atoms with Crippen molar-refractivity contribution in [2.24, 2.45) is 5.92 Å². The summed E-state index contributed by atoms with van der Waals surface area (Å²) in [4.78, 5) is 31.3. The van der Waals surface area contributed by atoms with Gasteiger partial charge in [-0.05, 0) is 12.8 Å². The van der Waals surface area contributed by atoms with Crippen LogP contribution in [-0.2, 0) is 19.1 Å². The first kappa shape index (κ1) is 11.6. The molecule has 0 saturated heterocycles. The lowest BCUT2D eigenvalue weighted by atomic mass is 10.1. The van der Waals surface area contributed by atoms with Gasteiger partial charge in [0.05, 0.1) is 0 Å². The van der Waals surface area contributed by atoms with Crippen molar-refractivity contribution in [2.75, 3.05) is 0 Å². The van der Waals surface area contributed by atoms with Crippen LogP contribution < -0.4 is 0 Å². The molecule has 13 heavy (non-hydrogen) atoms. The maximum Gasteiger partial charge on any atom is 0.387 e. The highest BCUT2D eigenvalue weighted by Crippen LogP contribution is 2.05. The maximum atomic E-state index is 10.7. The van der Waals surface area contributed by atoms with Crippen molar-refractivity contribution in [1.29, 1.82) is 0 Å². The van der Waals surface area contributed by atoms with Gasteiger partial charge in [0.1, 0.15) is 6.10 Å². The number of esters is 1. The third kappa shape index (κ3) is 3.68. The van der Waals surface area contributed by atoms with E-state index in [-0.39, 0.29) is 5.92 Å². The van der Waals surface area contributed by atoms with Crippen LogP contribution in [0.25, 0.3) is 0 Å². The summed E-state index contributed by atoms with van der Waals surface area (Å²) in [6.07, 6.45) is -0.462. The molecule has 0 heterocycles. The van der Waals surface area contributed by atoms with Crippen molar-refractivity contribution >= 4 is 17.7 Å². The molecule has 1 atom stereocenters. The van der Waals surface area contributed by atoms with E-state index < -0.39 is 23.8 Å². The first-order chi connectivity index (χ1) is 5.86. The van der Waals surface area contributed by atoms with E-state index in [1.54, 1.807) is 20.8 Å². The summed E-state index contributed by atoms with van der Waals surface area (Å²) in [5.74, 6) is -4.59. The molecule has 0 aliphatic carbocycles. The Labute approximate surface area is 75.7 Å². The summed E-state index contributed by atoms with van der Waals surface area (Å²) in [5.41, 5.74) is 0. The van der Waals surface area contributed by atoms with Crippen molar-refractivity contribution in [1.82, 2.24) is 0 Å². The van der Waals surface area contributed by atoms with Crippen molar-refractivity contribution in [3.63, 3.8) is 0 Å². The lowest BCUT2D eigenvalue weighted by Crippen LogP contribution is -2.30. The maximum absolute atomic E-state index is 10.7. The molecular formula is C8H12O5. The van der Waals surface area contributed by atoms with Crippen LogP contribution in [-0.4, -0.2) is 28.9 Å². The predicted octanol–water partition coefficient (Wildman–Crippen LogP) is 0.228. The summed E-state index contributed by atoms with van der Waals surface area (Å²) in [7, 11) is 0. The zero-order chi connectivity index (χ0) is 10.6. The van der Waals surface area contributed by atoms with E-state index in [2.05, 4.69) is 4.74 Å². The highest BCUT2D eigenvalue weighted by molar-refractivity contribution is 6.59. The molecule has 0 radical (unpaired) electrons. The second kappa shape index (κ2) is 4.59. The molecule has 1 unspecified atom stereocenters. The molecule has 5 nitrogen and oxygen atoms in total. The van der Waals surface area contributed by atoms with E-state index >= 15 is 0 Å². The fraction of sp³-hybridized carbons (Fsp3) is 0.625. The summed E-state index contributed by atoms with van der Waals surface area (Å²) < 4.78 is 4.57. The fourth-order valence-electron chi connectivity index (χ4n) is 0.446. The molecule has 0 amide bonds. The number of ketones is 1. The zero-order valence-electron chi connectivity index (χ0n) is 7.73. The SMILES string of the molecule is CC(C)C(C)OC(=O)C(=O)C(=O)O. The fourth-order valence-corrected chi connectivity index (χ4v) is 0.446. The monoisotopic (exact) mass is 188 g/mol. The predicted molar refractivity (Wildman–Crippen MR) is 43.0 cm³/mol. The lowest BCUT2D eigenvalue weighted by molar-refractivity contribution is -0.165. The topological polar surface area (TPSA) is 80.7 Å². The van der Waals surface area contributed by atoms with Crippen LogP contribution in [0.15, 0.2) is 0 Å². The summed E-state index contributed by atoms with van der Waals surface area (Å²) in [6, 6.07) is 0. The Balaban J connectivity index is 4.16. The molecule has 0 fully saturated rings. The van der Waals surface area contributed by atoms with Gasteiger partial charge in [-0.3, -0.25) is 4.79 Å². The summed E-state index contributed by atoms with van der Waals surface area (Å²) in [5, 5.41) is 8.15. The van der Waals surface area contributed by atoms with Crippen LogP contribution in [0.5, 0.6) is 0 Å². The Kier molecular flexibility index (Phi) is 4.10. The van der Waals surface area contributed by atoms with Gasteiger partial charge in [0.2, 0.25) is 0 Å². The van der Waals surface area contributed by atoms with Gasteiger partial charge in [-0.15, -0.1) is 0 Å². The molecule has 0 bridgehead atoms. The number of aliphatic carboxylic acids is 1. The van der Waals surface area contributed by atoms with Gasteiger partial charge in [0.15, 0.2) is 0 Å². The molecule has 0 aromatic heterocycles. The summed E-state index contributed by atoms with van der Waals surface area (Å²) in [6.45, 7) is 5.18. The molecule has 0 rings (SSSR count). The highest BCUT2D eigenvalue weighted by Gasteiger charge is 2.26. The number of ether oxygens (including phenoxy) is 1. The van der Waals surface area contributed by atoms with Gasteiger partial charge in [-0.25, -0.2) is 9.59 Å². The quantitative estimate of drug-likeness (QED) is 0.388. The third-order valence-corrected chi connectivity index (χ3v) is 1.61. The second-order valence-corrected chi connectivity index (χ2v) is 2.99. The first-order valence-corrected chi connectivity index (χ1v) is 3.84. The highest BCUT2D eigenvalue weighted by atomic mass is 16.6. The number of carboxylic acid groups (broad SMARTS) is 1. The van der Waals surface area contributed by atoms with Crippen LogP contribution in [0, 0.1) is 5.92 Å². The largest absolute Gasteiger partial charge is 0.475 e. The normalized spacial score (nSPS) is 12.3. The lowest BCUT2D eigenvalue weighted by Gasteiger charge is -2.14. The molecule has 0 saturated carbocycles. The molecule has 0 aromatic rings. The minimum Gasteiger partial charge on any atom is -0.475 e. The molecule has 1 N–H and O–H groups in total. The minimum absolute atomic E-state index is 0.0468. The average Bonchev–Trinajstić information content (AvgIpc) is 2.02. The van der Waals surface area contributed by atoms with Gasteiger partial charge in [-0.2, -0.15) is 0 Å². The van der Waals surface area contributed by atoms with Crippen molar-refractivity contribution in [3.05, 3.63) is 0 Å². The van der Waals surface area contributed by atoms with Crippen LogP contribution in [0.4, 0.5) is 0 Å². The molecule has 0 aromatic carbocycles. The number of rotatable bonds is 4. The first-order valence-electron chi connectivity index (χ1n) is 3.84. The Bertz CT molecular complexity index is 231. The van der Waals surface area contributed by atoms with E-state index in [4.69, 9.17) is 5.11 Å². The molecule has 0 spiro atoms. The Hall–Kier alpha value is -1.39. The van der Waals surface area contributed by atoms with E-state index in [1.165, 1.54) is 0 Å². The number of Topliss-reactive ketones (excluding diaryl/α,β-unsaturated/α-hetero) is 1. The van der Waals surface area contributed by atoms with Crippen LogP contribution in [0.1, 0.15) is 20.8 Å². The van der Waals surface area contributed by atoms with E-state index in [0.29, 0.717) is 0 Å². The van der Waals surface area contributed by atoms with Gasteiger partial charge in [0.25, 0.3) is 0 Å². The molecule has 5 heteroatoms. The van der Waals surface area contributed by atoms with Gasteiger partial charge < -0.3 is 9.84 Å². The van der Waals surface area contributed by atoms with Crippen molar-refractivity contribution in [2.45, 2.75) is 26.9 Å². The van der Waals surface area contributed by atoms with E-state index in [0.717, 1.165) is 0 Å². The van der Waals surface area contributed by atoms with Gasteiger partial charge in [0, 0.05) is 0 Å². The zero-order valence-corrected chi connectivity index (χ0v) is 7.73. The number of carboxylic acids is 1. The van der Waals surface area contributed by atoms with Crippen LogP contribution in [0.2, 0.25) is 0 Å². The smallest absolute Gasteiger partial charge is 0.387 e. The standard InChI is InChI=1S/C8H12O5/c1-4(2)5(3)13-8(12)6(9)7(10)11/h4-5H,1-3H3,(H,10,11). The molecule has 0 aliphatic rings. The Morgan fingerprint density at radius 1 is 1.15 bits per heavy atom. The molecular weight excluding hydrogens is 176 g/mol. The Morgan fingerprint density at radius 2 is 1.62 bits per heavy atom. The van der Waals surface area contributed by atoms with Crippen LogP contribution >= 0.6 is 0 Å². The van der Waals surface area contributed by atoms with Crippen molar-refractivity contribution in [3.8, 4) is 0 Å². The van der Waals surface area contributed by atoms with Gasteiger partial charge in [-0.1, -0.05) is 13.8 Å². The van der Waals surface area contributed by atoms with Crippen molar-refractivity contribution < 1.29 is 24.2 Å². The van der Waals surface area contributed by atoms with E-state index in [9.17, 15) is 14.4 Å². The number of carbonyl (C=O) groups is 3. The number of hydrogen-bond donors (Lipinski definition) is 1. The average molecular weight is 188 g/mol. The Morgan fingerprint density at radius 3 is 1.92 bits per heavy atom. The molecule has 74 valence electrons. The number of carbonyl (C=O) groups excluding carboxylic acids is 2. The second-order valence-electron chi connectivity index (χ2n) is 2.99. The van der Waals surface area contributed by atoms with Gasteiger partial charge >= 0.3 is 17.7 Å². The summed E-state index contributed by atoms with van der Waals surface area (Å²) >= 11 is 0.